The fourth-order valence-corrected chi connectivity index (χ4v) is 1.10. The van der Waals surface area contributed by atoms with Crippen molar-refractivity contribution in [3.8, 4) is 5.75 Å². The first-order valence-corrected chi connectivity index (χ1v) is 3.89. The van der Waals surface area contributed by atoms with Gasteiger partial charge in [0, 0.05) is 17.8 Å². The lowest BCUT2D eigenvalue weighted by Crippen LogP contribution is -2.14. The Morgan fingerprint density at radius 3 is 2.53 bits per heavy atom. The highest BCUT2D eigenvalue weighted by Crippen LogP contribution is 2.31. The van der Waals surface area contributed by atoms with E-state index in [1.165, 1.54) is 13.2 Å². The number of nitro groups is 1. The molecular formula is C8H9N3O4. The minimum Gasteiger partial charge on any atom is -0.490 e. The average Bonchev–Trinajstić information content (AvgIpc) is 2.16. The summed E-state index contributed by atoms with van der Waals surface area (Å²) in [6, 6.07) is 2.19. The molecular weight excluding hydrogens is 202 g/mol. The Labute approximate surface area is 84.8 Å². The van der Waals surface area contributed by atoms with Crippen molar-refractivity contribution in [2.75, 3.05) is 12.8 Å². The van der Waals surface area contributed by atoms with Crippen LogP contribution in [0.15, 0.2) is 12.1 Å². The summed E-state index contributed by atoms with van der Waals surface area (Å²) < 4.78 is 4.75. The summed E-state index contributed by atoms with van der Waals surface area (Å²) >= 11 is 0. The van der Waals surface area contributed by atoms with E-state index in [-0.39, 0.29) is 22.7 Å². The van der Waals surface area contributed by atoms with E-state index in [0.29, 0.717) is 0 Å². The number of hydrogen-bond acceptors (Lipinski definition) is 5. The zero-order chi connectivity index (χ0) is 11.6. The van der Waals surface area contributed by atoms with Crippen LogP contribution >= 0.6 is 0 Å². The Bertz CT molecular complexity index is 430. The van der Waals surface area contributed by atoms with Gasteiger partial charge >= 0.3 is 5.69 Å². The number of nitrogens with zero attached hydrogens (tertiary/aromatic N) is 1. The summed E-state index contributed by atoms with van der Waals surface area (Å²) in [5.74, 6) is -0.833. The summed E-state index contributed by atoms with van der Waals surface area (Å²) in [5.41, 5.74) is 10.1. The number of ether oxygens (including phenoxy) is 1. The number of anilines is 1. The number of nitrogen functional groups attached to an aromatic ring is 1. The van der Waals surface area contributed by atoms with Gasteiger partial charge in [0.1, 0.15) is 0 Å². The van der Waals surface area contributed by atoms with E-state index in [0.717, 1.165) is 6.07 Å². The van der Waals surface area contributed by atoms with Crippen molar-refractivity contribution >= 4 is 17.3 Å². The van der Waals surface area contributed by atoms with Gasteiger partial charge < -0.3 is 16.2 Å². The second-order valence-corrected chi connectivity index (χ2v) is 2.73. The summed E-state index contributed by atoms with van der Waals surface area (Å²) in [7, 11) is 1.27. The first-order valence-electron chi connectivity index (χ1n) is 3.89. The maximum atomic E-state index is 10.9. The highest BCUT2D eigenvalue weighted by molar-refractivity contribution is 5.99. The average molecular weight is 211 g/mol. The lowest BCUT2D eigenvalue weighted by molar-refractivity contribution is -0.385. The molecule has 0 spiro atoms. The second kappa shape index (κ2) is 3.82. The summed E-state index contributed by atoms with van der Waals surface area (Å²) in [6.45, 7) is 0. The number of methoxy groups -OCH3 is 1. The largest absolute Gasteiger partial charge is 0.490 e. The van der Waals surface area contributed by atoms with Crippen molar-refractivity contribution in [1.29, 1.82) is 0 Å². The molecule has 1 aromatic rings. The Kier molecular flexibility index (Phi) is 2.75. The summed E-state index contributed by atoms with van der Waals surface area (Å²) in [5, 5.41) is 10.6. The topological polar surface area (TPSA) is 121 Å². The molecule has 4 N–H and O–H groups in total. The fraction of sp³-hybridized carbons (Fsp3) is 0.125. The van der Waals surface area contributed by atoms with Crippen LogP contribution in [0.4, 0.5) is 11.4 Å². The molecule has 0 atom stereocenters. The quantitative estimate of drug-likeness (QED) is 0.422. The molecule has 1 aromatic carbocycles. The van der Waals surface area contributed by atoms with Gasteiger partial charge in [0.25, 0.3) is 5.91 Å². The molecule has 0 aliphatic heterocycles. The smallest absolute Gasteiger partial charge is 0.311 e. The molecule has 7 nitrogen and oxygen atoms in total. The lowest BCUT2D eigenvalue weighted by atomic mass is 10.1. The van der Waals surface area contributed by atoms with E-state index in [1.807, 2.05) is 0 Å². The molecule has 0 bridgehead atoms. The monoisotopic (exact) mass is 211 g/mol. The van der Waals surface area contributed by atoms with Crippen LogP contribution in [-0.4, -0.2) is 17.9 Å². The van der Waals surface area contributed by atoms with E-state index >= 15 is 0 Å². The highest BCUT2D eigenvalue weighted by atomic mass is 16.6. The molecule has 0 unspecified atom stereocenters. The van der Waals surface area contributed by atoms with Crippen molar-refractivity contribution in [2.45, 2.75) is 0 Å². The zero-order valence-electron chi connectivity index (χ0n) is 7.89. The van der Waals surface area contributed by atoms with E-state index in [2.05, 4.69) is 0 Å². The predicted molar refractivity (Wildman–Crippen MR) is 52.6 cm³/mol. The molecule has 0 saturated carbocycles. The number of amides is 1. The van der Waals surface area contributed by atoms with Gasteiger partial charge in [-0.3, -0.25) is 14.9 Å². The Morgan fingerprint density at radius 1 is 1.53 bits per heavy atom. The molecule has 0 aliphatic rings. The number of hydrogen-bond donors (Lipinski definition) is 2. The Hall–Kier alpha value is -2.31. The van der Waals surface area contributed by atoms with Crippen LogP contribution in [0.3, 0.4) is 0 Å². The zero-order valence-corrected chi connectivity index (χ0v) is 7.89. The van der Waals surface area contributed by atoms with Gasteiger partial charge in [-0.15, -0.1) is 0 Å². The minimum absolute atomic E-state index is 0.0116. The third-order valence-corrected chi connectivity index (χ3v) is 1.81. The van der Waals surface area contributed by atoms with Crippen LogP contribution in [0.1, 0.15) is 10.4 Å². The molecule has 0 saturated heterocycles. The van der Waals surface area contributed by atoms with Gasteiger partial charge in [-0.1, -0.05) is 0 Å². The highest BCUT2D eigenvalue weighted by Gasteiger charge is 2.19. The Balaban J connectivity index is 3.43. The van der Waals surface area contributed by atoms with Gasteiger partial charge in [-0.05, 0) is 0 Å². The number of rotatable bonds is 3. The van der Waals surface area contributed by atoms with E-state index in [1.54, 1.807) is 0 Å². The van der Waals surface area contributed by atoms with Gasteiger partial charge in [0.15, 0.2) is 5.75 Å². The molecule has 15 heavy (non-hydrogen) atoms. The van der Waals surface area contributed by atoms with Gasteiger partial charge in [0.05, 0.1) is 17.6 Å². The molecule has 7 heteroatoms. The summed E-state index contributed by atoms with van der Waals surface area (Å²) in [4.78, 5) is 20.8. The number of primary amides is 1. The van der Waals surface area contributed by atoms with E-state index < -0.39 is 10.8 Å². The first-order chi connectivity index (χ1) is 6.97. The molecule has 1 amide bonds. The van der Waals surface area contributed by atoms with Gasteiger partial charge in [-0.25, -0.2) is 0 Å². The van der Waals surface area contributed by atoms with Crippen molar-refractivity contribution in [3.63, 3.8) is 0 Å². The summed E-state index contributed by atoms with van der Waals surface area (Å²) in [6.07, 6.45) is 0. The van der Waals surface area contributed by atoms with Crippen molar-refractivity contribution in [3.05, 3.63) is 27.8 Å². The van der Waals surface area contributed by atoms with Crippen molar-refractivity contribution in [1.82, 2.24) is 0 Å². The predicted octanol–water partition coefficient (Wildman–Crippen LogP) is 0.285. The van der Waals surface area contributed by atoms with Crippen LogP contribution < -0.4 is 16.2 Å². The van der Waals surface area contributed by atoms with Crippen LogP contribution in [0.2, 0.25) is 0 Å². The van der Waals surface area contributed by atoms with Crippen molar-refractivity contribution < 1.29 is 14.5 Å². The van der Waals surface area contributed by atoms with E-state index in [4.69, 9.17) is 16.2 Å². The van der Waals surface area contributed by atoms with Crippen LogP contribution in [0, 0.1) is 10.1 Å². The van der Waals surface area contributed by atoms with Gasteiger partial charge in [0.2, 0.25) is 0 Å². The number of carbonyl (C=O) groups is 1. The number of nitrogens with two attached hydrogens (primary N) is 2. The number of carbonyl (C=O) groups excluding carboxylic acids is 1. The molecule has 80 valence electrons. The number of benzene rings is 1. The lowest BCUT2D eigenvalue weighted by Gasteiger charge is -2.05. The van der Waals surface area contributed by atoms with Crippen LogP contribution in [-0.2, 0) is 0 Å². The third-order valence-electron chi connectivity index (χ3n) is 1.81. The van der Waals surface area contributed by atoms with Gasteiger partial charge in [-0.2, -0.15) is 0 Å². The molecule has 0 fully saturated rings. The molecule has 1 rings (SSSR count). The minimum atomic E-state index is -0.821. The maximum Gasteiger partial charge on any atom is 0.311 e. The SMILES string of the molecule is COc1cc(N)c(C(N)=O)cc1[N+](=O)[O-]. The molecule has 0 radical (unpaired) electrons. The Morgan fingerprint density at radius 2 is 2.13 bits per heavy atom. The molecule has 0 aromatic heterocycles. The van der Waals surface area contributed by atoms with E-state index in [9.17, 15) is 14.9 Å². The molecule has 0 aliphatic carbocycles. The number of nitro benzene ring substituents is 1. The normalized spacial score (nSPS) is 9.67. The standard InChI is InChI=1S/C8H9N3O4/c1-15-7-3-5(9)4(8(10)12)2-6(7)11(13)14/h2-3H,9H2,1H3,(H2,10,12). The first kappa shape index (κ1) is 10.8. The van der Waals surface area contributed by atoms with Crippen LogP contribution in [0.25, 0.3) is 0 Å². The maximum absolute atomic E-state index is 10.9. The molecule has 0 heterocycles. The van der Waals surface area contributed by atoms with Crippen LogP contribution in [0.5, 0.6) is 5.75 Å². The third kappa shape index (κ3) is 1.96. The fourth-order valence-electron chi connectivity index (χ4n) is 1.10. The van der Waals surface area contributed by atoms with Crippen molar-refractivity contribution in [2.24, 2.45) is 5.73 Å². The second-order valence-electron chi connectivity index (χ2n) is 2.73.